The summed E-state index contributed by atoms with van der Waals surface area (Å²) in [7, 11) is 0. The van der Waals surface area contributed by atoms with Crippen molar-refractivity contribution in [3.05, 3.63) is 29.1 Å². The molecule has 16 heavy (non-hydrogen) atoms. The smallest absolute Gasteiger partial charge is 0.0438 e. The zero-order valence-corrected chi connectivity index (χ0v) is 10.8. The first-order valence-electron chi connectivity index (χ1n) is 6.59. The minimum absolute atomic E-state index is 0.707. The van der Waals surface area contributed by atoms with E-state index in [0.29, 0.717) is 5.92 Å². The molecule has 1 aliphatic carbocycles. The maximum absolute atomic E-state index is 2.49. The van der Waals surface area contributed by atoms with Crippen molar-refractivity contribution in [2.45, 2.75) is 53.0 Å². The molecule has 1 nitrogen and oxygen atoms in total. The van der Waals surface area contributed by atoms with Crippen LogP contribution in [0, 0.1) is 12.8 Å². The van der Waals surface area contributed by atoms with Gasteiger partial charge in [-0.3, -0.25) is 0 Å². The number of nitrogens with zero attached hydrogens (tertiary/aromatic N) is 1. The summed E-state index contributed by atoms with van der Waals surface area (Å²) in [6, 6.07) is 2.38. The molecule has 0 amide bonds. The van der Waals surface area contributed by atoms with Gasteiger partial charge in [0, 0.05) is 17.9 Å². The largest absolute Gasteiger partial charge is 0.345 e. The van der Waals surface area contributed by atoms with E-state index in [9.17, 15) is 0 Å². The number of unbranched alkanes of at least 4 members (excludes halogenated alkanes) is 2. The second-order valence-corrected chi connectivity index (χ2v) is 5.10. The molecule has 1 heteroatoms. The van der Waals surface area contributed by atoms with E-state index < -0.39 is 0 Å². The van der Waals surface area contributed by atoms with Gasteiger partial charge >= 0.3 is 0 Å². The topological polar surface area (TPSA) is 4.93 Å². The van der Waals surface area contributed by atoms with E-state index in [1.54, 1.807) is 5.56 Å². The van der Waals surface area contributed by atoms with Crippen molar-refractivity contribution in [3.8, 4) is 0 Å². The third-order valence-corrected chi connectivity index (χ3v) is 3.54. The standard InChI is InChI=1S/C15H23N/c1-4-5-6-9-16-13(3)11-14-10-12(2)7-8-15(14)16/h7-8,11-12H,4-6,9-10H2,1-3H3. The van der Waals surface area contributed by atoms with Crippen LogP contribution in [-0.4, -0.2) is 4.57 Å². The molecule has 1 unspecified atom stereocenters. The second-order valence-electron chi connectivity index (χ2n) is 5.10. The van der Waals surface area contributed by atoms with Crippen LogP contribution in [0.4, 0.5) is 0 Å². The maximum atomic E-state index is 2.49. The molecule has 1 heterocycles. The summed E-state index contributed by atoms with van der Waals surface area (Å²) in [5.41, 5.74) is 4.44. The van der Waals surface area contributed by atoms with Gasteiger partial charge in [0.15, 0.2) is 0 Å². The quantitative estimate of drug-likeness (QED) is 0.666. The van der Waals surface area contributed by atoms with Gasteiger partial charge in [0.05, 0.1) is 0 Å². The number of allylic oxidation sites excluding steroid dienone is 1. The van der Waals surface area contributed by atoms with Gasteiger partial charge in [-0.15, -0.1) is 0 Å². The molecule has 0 radical (unpaired) electrons. The van der Waals surface area contributed by atoms with Crippen LogP contribution < -0.4 is 0 Å². The van der Waals surface area contributed by atoms with Crippen molar-refractivity contribution in [3.63, 3.8) is 0 Å². The van der Waals surface area contributed by atoms with Gasteiger partial charge in [-0.25, -0.2) is 0 Å². The van der Waals surface area contributed by atoms with Crippen LogP contribution in [0.5, 0.6) is 0 Å². The Morgan fingerprint density at radius 2 is 2.19 bits per heavy atom. The van der Waals surface area contributed by atoms with E-state index in [0.717, 1.165) is 0 Å². The van der Waals surface area contributed by atoms with Gasteiger partial charge < -0.3 is 4.57 Å². The Bertz CT molecular complexity index is 384. The number of rotatable bonds is 4. The molecule has 0 saturated carbocycles. The van der Waals surface area contributed by atoms with Crippen molar-refractivity contribution in [2.24, 2.45) is 5.92 Å². The summed E-state index contributed by atoms with van der Waals surface area (Å²) in [5.74, 6) is 0.707. The average Bonchev–Trinajstić information content (AvgIpc) is 2.55. The molecule has 0 saturated heterocycles. The van der Waals surface area contributed by atoms with Gasteiger partial charge in [-0.1, -0.05) is 32.8 Å². The molecular weight excluding hydrogens is 194 g/mol. The Morgan fingerprint density at radius 3 is 2.94 bits per heavy atom. The van der Waals surface area contributed by atoms with Gasteiger partial charge in [-0.2, -0.15) is 0 Å². The highest BCUT2D eigenvalue weighted by molar-refractivity contribution is 5.55. The fourth-order valence-electron chi connectivity index (χ4n) is 2.61. The zero-order chi connectivity index (χ0) is 11.5. The van der Waals surface area contributed by atoms with Crippen LogP contribution in [0.15, 0.2) is 12.1 Å². The van der Waals surface area contributed by atoms with Gasteiger partial charge in [0.25, 0.3) is 0 Å². The first-order chi connectivity index (χ1) is 7.72. The molecule has 2 rings (SSSR count). The first-order valence-corrected chi connectivity index (χ1v) is 6.59. The Labute approximate surface area is 99.2 Å². The van der Waals surface area contributed by atoms with Crippen molar-refractivity contribution in [2.75, 3.05) is 0 Å². The summed E-state index contributed by atoms with van der Waals surface area (Å²) in [6.45, 7) is 7.99. The van der Waals surface area contributed by atoms with Crippen molar-refractivity contribution < 1.29 is 0 Å². The molecule has 88 valence electrons. The predicted molar refractivity (Wildman–Crippen MR) is 70.6 cm³/mol. The minimum atomic E-state index is 0.707. The lowest BCUT2D eigenvalue weighted by Crippen LogP contribution is -2.07. The normalized spacial score (nSPS) is 18.8. The number of hydrogen-bond acceptors (Lipinski definition) is 0. The molecule has 0 aliphatic heterocycles. The summed E-state index contributed by atoms with van der Waals surface area (Å²) in [4.78, 5) is 0. The van der Waals surface area contributed by atoms with E-state index in [4.69, 9.17) is 0 Å². The van der Waals surface area contributed by atoms with Crippen molar-refractivity contribution in [1.82, 2.24) is 4.57 Å². The summed E-state index contributed by atoms with van der Waals surface area (Å²) >= 11 is 0. The van der Waals surface area contributed by atoms with Crippen LogP contribution in [0.25, 0.3) is 6.08 Å². The fraction of sp³-hybridized carbons (Fsp3) is 0.600. The Morgan fingerprint density at radius 1 is 1.38 bits per heavy atom. The lowest BCUT2D eigenvalue weighted by molar-refractivity contribution is 0.587. The van der Waals surface area contributed by atoms with Crippen LogP contribution in [0.3, 0.4) is 0 Å². The number of aromatic nitrogens is 1. The SMILES string of the molecule is CCCCCn1c(C)cc2c1C=CC(C)C2. The highest BCUT2D eigenvalue weighted by atomic mass is 15.0. The van der Waals surface area contributed by atoms with Gasteiger partial charge in [-0.05, 0) is 43.4 Å². The molecule has 1 atom stereocenters. The summed E-state index contributed by atoms with van der Waals surface area (Å²) in [5, 5.41) is 0. The van der Waals surface area contributed by atoms with Crippen molar-refractivity contribution >= 4 is 6.08 Å². The molecule has 0 N–H and O–H groups in total. The number of aryl methyl sites for hydroxylation is 1. The highest BCUT2D eigenvalue weighted by Gasteiger charge is 2.15. The molecule has 0 spiro atoms. The van der Waals surface area contributed by atoms with E-state index in [1.807, 2.05) is 0 Å². The third kappa shape index (κ3) is 2.23. The molecule has 0 fully saturated rings. The highest BCUT2D eigenvalue weighted by Crippen LogP contribution is 2.26. The van der Waals surface area contributed by atoms with E-state index in [-0.39, 0.29) is 0 Å². The molecule has 1 aromatic rings. The molecule has 0 aromatic carbocycles. The molecular formula is C15H23N. The number of fused-ring (bicyclic) bond motifs is 1. The van der Waals surface area contributed by atoms with Crippen LogP contribution in [-0.2, 0) is 13.0 Å². The fourth-order valence-corrected chi connectivity index (χ4v) is 2.61. The van der Waals surface area contributed by atoms with E-state index in [1.165, 1.54) is 43.6 Å². The maximum Gasteiger partial charge on any atom is 0.0438 e. The van der Waals surface area contributed by atoms with Crippen LogP contribution in [0.2, 0.25) is 0 Å². The third-order valence-electron chi connectivity index (χ3n) is 3.54. The predicted octanol–water partition coefficient (Wildman–Crippen LogP) is 4.19. The summed E-state index contributed by atoms with van der Waals surface area (Å²) < 4.78 is 2.49. The van der Waals surface area contributed by atoms with Crippen LogP contribution in [0.1, 0.15) is 50.1 Å². The Hall–Kier alpha value is -0.980. The Balaban J connectivity index is 2.17. The lowest BCUT2D eigenvalue weighted by atomic mass is 9.95. The summed E-state index contributed by atoms with van der Waals surface area (Å²) in [6.07, 6.45) is 9.83. The molecule has 0 bridgehead atoms. The molecule has 1 aromatic heterocycles. The van der Waals surface area contributed by atoms with E-state index >= 15 is 0 Å². The second kappa shape index (κ2) is 4.90. The van der Waals surface area contributed by atoms with Gasteiger partial charge in [0.2, 0.25) is 0 Å². The Kier molecular flexibility index (Phi) is 3.52. The monoisotopic (exact) mass is 217 g/mol. The van der Waals surface area contributed by atoms with E-state index in [2.05, 4.69) is 43.6 Å². The first kappa shape index (κ1) is 11.5. The minimum Gasteiger partial charge on any atom is -0.345 e. The van der Waals surface area contributed by atoms with Crippen LogP contribution >= 0.6 is 0 Å². The molecule has 1 aliphatic rings. The average molecular weight is 217 g/mol. The lowest BCUT2D eigenvalue weighted by Gasteiger charge is -2.15. The van der Waals surface area contributed by atoms with Gasteiger partial charge in [0.1, 0.15) is 0 Å². The van der Waals surface area contributed by atoms with Crippen molar-refractivity contribution in [1.29, 1.82) is 0 Å². The number of hydrogen-bond donors (Lipinski definition) is 0. The zero-order valence-electron chi connectivity index (χ0n) is 10.8.